The van der Waals surface area contributed by atoms with Gasteiger partial charge >= 0.3 is 0 Å². The molecule has 0 radical (unpaired) electrons. The summed E-state index contributed by atoms with van der Waals surface area (Å²) in [6.07, 6.45) is 0.647. The van der Waals surface area contributed by atoms with Crippen LogP contribution in [0.2, 0.25) is 0 Å². The molecule has 2 rings (SSSR count). The molecule has 6 heteroatoms. The van der Waals surface area contributed by atoms with Gasteiger partial charge in [-0.05, 0) is 19.4 Å². The Labute approximate surface area is 105 Å². The summed E-state index contributed by atoms with van der Waals surface area (Å²) in [4.78, 5) is 25.2. The van der Waals surface area contributed by atoms with E-state index in [0.29, 0.717) is 36.5 Å². The molecule has 6 nitrogen and oxygen atoms in total. The molecule has 1 N–H and O–H groups in total. The highest BCUT2D eigenvalue weighted by atomic mass is 16.2. The van der Waals surface area contributed by atoms with Crippen molar-refractivity contribution in [3.05, 3.63) is 23.0 Å². The first-order valence-electron chi connectivity index (χ1n) is 6.01. The van der Waals surface area contributed by atoms with Crippen molar-refractivity contribution in [2.45, 2.75) is 20.3 Å². The Hall–Kier alpha value is -1.98. The first-order chi connectivity index (χ1) is 8.61. The monoisotopic (exact) mass is 248 g/mol. The minimum Gasteiger partial charge on any atom is -0.353 e. The lowest BCUT2D eigenvalue weighted by atomic mass is 10.1. The van der Waals surface area contributed by atoms with Crippen LogP contribution in [-0.2, 0) is 11.2 Å². The van der Waals surface area contributed by atoms with Crippen LogP contribution in [0, 0.1) is 6.92 Å². The second-order valence-corrected chi connectivity index (χ2v) is 4.28. The van der Waals surface area contributed by atoms with Gasteiger partial charge in [0.2, 0.25) is 5.91 Å². The van der Waals surface area contributed by atoms with E-state index in [2.05, 4.69) is 15.5 Å². The van der Waals surface area contributed by atoms with E-state index >= 15 is 0 Å². The summed E-state index contributed by atoms with van der Waals surface area (Å²) in [6, 6.07) is 1.74. The maximum Gasteiger partial charge on any atom is 0.256 e. The number of carbonyl (C=O) groups excluding carboxylic acids is 2. The predicted octanol–water partition coefficient (Wildman–Crippen LogP) is -0.0806. The quantitative estimate of drug-likeness (QED) is 0.794. The maximum absolute atomic E-state index is 12.4. The first kappa shape index (κ1) is 12.5. The van der Waals surface area contributed by atoms with Gasteiger partial charge in [-0.3, -0.25) is 9.59 Å². The molecule has 2 amide bonds. The van der Waals surface area contributed by atoms with Crippen molar-refractivity contribution in [2.24, 2.45) is 0 Å². The topological polar surface area (TPSA) is 75.2 Å². The van der Waals surface area contributed by atoms with E-state index < -0.39 is 0 Å². The number of hydrogen-bond donors (Lipinski definition) is 1. The highest BCUT2D eigenvalue weighted by Crippen LogP contribution is 2.11. The highest BCUT2D eigenvalue weighted by Gasteiger charge is 2.24. The second-order valence-electron chi connectivity index (χ2n) is 4.28. The largest absolute Gasteiger partial charge is 0.353 e. The number of rotatable bonds is 2. The van der Waals surface area contributed by atoms with E-state index in [9.17, 15) is 9.59 Å². The molecule has 1 aliphatic rings. The van der Waals surface area contributed by atoms with Crippen LogP contribution in [0.5, 0.6) is 0 Å². The fourth-order valence-electron chi connectivity index (χ4n) is 1.94. The van der Waals surface area contributed by atoms with Crippen molar-refractivity contribution in [1.82, 2.24) is 20.4 Å². The smallest absolute Gasteiger partial charge is 0.256 e. The minimum absolute atomic E-state index is 0.114. The summed E-state index contributed by atoms with van der Waals surface area (Å²) in [5, 5.41) is 10.7. The number of carbonyl (C=O) groups is 2. The van der Waals surface area contributed by atoms with E-state index in [1.54, 1.807) is 17.9 Å². The van der Waals surface area contributed by atoms with Gasteiger partial charge in [0.05, 0.1) is 23.5 Å². The van der Waals surface area contributed by atoms with Crippen molar-refractivity contribution < 1.29 is 9.59 Å². The minimum atomic E-state index is -0.139. The molecule has 96 valence electrons. The molecule has 1 aromatic heterocycles. The summed E-state index contributed by atoms with van der Waals surface area (Å²) < 4.78 is 0. The standard InChI is InChI=1S/C12H16N4O2/c1-3-10-9(6-8(2)14-15-10)12(18)16-5-4-13-11(17)7-16/h6H,3-5,7H2,1-2H3,(H,13,17). The maximum atomic E-state index is 12.4. The zero-order valence-electron chi connectivity index (χ0n) is 10.6. The lowest BCUT2D eigenvalue weighted by molar-refractivity contribution is -0.123. The number of nitrogens with one attached hydrogen (secondary N) is 1. The zero-order valence-corrected chi connectivity index (χ0v) is 10.6. The van der Waals surface area contributed by atoms with Crippen molar-refractivity contribution in [2.75, 3.05) is 19.6 Å². The van der Waals surface area contributed by atoms with Crippen LogP contribution in [-0.4, -0.2) is 46.5 Å². The Morgan fingerprint density at radius 2 is 2.28 bits per heavy atom. The average molecular weight is 248 g/mol. The first-order valence-corrected chi connectivity index (χ1v) is 6.01. The zero-order chi connectivity index (χ0) is 13.1. The van der Waals surface area contributed by atoms with E-state index in [4.69, 9.17) is 0 Å². The summed E-state index contributed by atoms with van der Waals surface area (Å²) in [5.74, 6) is -0.258. The van der Waals surface area contributed by atoms with Crippen LogP contribution in [0.1, 0.15) is 28.7 Å². The molecular formula is C12H16N4O2. The van der Waals surface area contributed by atoms with Crippen molar-refractivity contribution >= 4 is 11.8 Å². The SMILES string of the molecule is CCc1nnc(C)cc1C(=O)N1CCNC(=O)C1. The Bertz CT molecular complexity index is 487. The van der Waals surface area contributed by atoms with Gasteiger partial charge in [0.25, 0.3) is 5.91 Å². The Morgan fingerprint density at radius 3 is 2.94 bits per heavy atom. The summed E-state index contributed by atoms with van der Waals surface area (Å²) in [6.45, 7) is 4.88. The Morgan fingerprint density at radius 1 is 1.50 bits per heavy atom. The molecule has 0 aliphatic carbocycles. The van der Waals surface area contributed by atoms with Gasteiger partial charge in [0.1, 0.15) is 0 Å². The second kappa shape index (κ2) is 5.12. The normalized spacial score (nSPS) is 15.4. The number of amides is 2. The molecule has 0 saturated carbocycles. The van der Waals surface area contributed by atoms with Crippen LogP contribution in [0.3, 0.4) is 0 Å². The highest BCUT2D eigenvalue weighted by molar-refractivity contribution is 5.97. The van der Waals surface area contributed by atoms with E-state index in [1.165, 1.54) is 0 Å². The third-order valence-corrected chi connectivity index (χ3v) is 2.88. The fourth-order valence-corrected chi connectivity index (χ4v) is 1.94. The van der Waals surface area contributed by atoms with Gasteiger partial charge in [-0.2, -0.15) is 10.2 Å². The molecular weight excluding hydrogens is 232 g/mol. The molecule has 18 heavy (non-hydrogen) atoms. The molecule has 0 aromatic carbocycles. The van der Waals surface area contributed by atoms with Crippen LogP contribution in [0.25, 0.3) is 0 Å². The molecule has 1 aliphatic heterocycles. The van der Waals surface area contributed by atoms with Gasteiger partial charge in [-0.15, -0.1) is 0 Å². The van der Waals surface area contributed by atoms with Gasteiger partial charge in [0.15, 0.2) is 0 Å². The lowest BCUT2D eigenvalue weighted by Gasteiger charge is -2.27. The van der Waals surface area contributed by atoms with Gasteiger partial charge in [-0.1, -0.05) is 6.92 Å². The predicted molar refractivity (Wildman–Crippen MR) is 65.1 cm³/mol. The number of aromatic nitrogens is 2. The van der Waals surface area contributed by atoms with Gasteiger partial charge in [-0.25, -0.2) is 0 Å². The summed E-state index contributed by atoms with van der Waals surface area (Å²) in [7, 11) is 0. The third-order valence-electron chi connectivity index (χ3n) is 2.88. The van der Waals surface area contributed by atoms with Gasteiger partial charge in [0, 0.05) is 13.1 Å². The third kappa shape index (κ3) is 2.47. The van der Waals surface area contributed by atoms with Crippen molar-refractivity contribution in [3.63, 3.8) is 0 Å². The van der Waals surface area contributed by atoms with Crippen LogP contribution < -0.4 is 5.32 Å². The van der Waals surface area contributed by atoms with Crippen molar-refractivity contribution in [1.29, 1.82) is 0 Å². The number of hydrogen-bond acceptors (Lipinski definition) is 4. The summed E-state index contributed by atoms with van der Waals surface area (Å²) >= 11 is 0. The molecule has 0 atom stereocenters. The van der Waals surface area contributed by atoms with E-state index in [-0.39, 0.29) is 18.4 Å². The van der Waals surface area contributed by atoms with Crippen molar-refractivity contribution in [3.8, 4) is 0 Å². The number of nitrogens with zero attached hydrogens (tertiary/aromatic N) is 3. The van der Waals surface area contributed by atoms with Gasteiger partial charge < -0.3 is 10.2 Å². The van der Waals surface area contributed by atoms with Crippen LogP contribution >= 0.6 is 0 Å². The molecule has 1 fully saturated rings. The molecule has 1 saturated heterocycles. The Kier molecular flexibility index (Phi) is 3.55. The molecule has 2 heterocycles. The Balaban J connectivity index is 2.27. The van der Waals surface area contributed by atoms with E-state index in [1.807, 2.05) is 6.92 Å². The molecule has 0 spiro atoms. The molecule has 0 unspecified atom stereocenters. The van der Waals surface area contributed by atoms with Crippen LogP contribution in [0.4, 0.5) is 0 Å². The van der Waals surface area contributed by atoms with E-state index in [0.717, 1.165) is 0 Å². The molecule has 0 bridgehead atoms. The average Bonchev–Trinajstić information content (AvgIpc) is 2.38. The number of piperazine rings is 1. The number of aryl methyl sites for hydroxylation is 2. The fraction of sp³-hybridized carbons (Fsp3) is 0.500. The summed E-state index contributed by atoms with van der Waals surface area (Å²) in [5.41, 5.74) is 1.94. The molecule has 1 aromatic rings. The lowest BCUT2D eigenvalue weighted by Crippen LogP contribution is -2.50. The van der Waals surface area contributed by atoms with Crippen LogP contribution in [0.15, 0.2) is 6.07 Å².